The van der Waals surface area contributed by atoms with E-state index in [2.05, 4.69) is 29.1 Å². The Kier molecular flexibility index (Phi) is 3.39. The summed E-state index contributed by atoms with van der Waals surface area (Å²) in [6, 6.07) is 1.11. The molecule has 0 spiro atoms. The van der Waals surface area contributed by atoms with Gasteiger partial charge in [-0.3, -0.25) is 4.90 Å². The number of hydrogen-bond donors (Lipinski definition) is 2. The summed E-state index contributed by atoms with van der Waals surface area (Å²) >= 11 is 0. The van der Waals surface area contributed by atoms with E-state index in [-0.39, 0.29) is 0 Å². The molecule has 0 aliphatic carbocycles. The number of likely N-dealkylation sites (tertiary alicyclic amines) is 2. The summed E-state index contributed by atoms with van der Waals surface area (Å²) in [5.41, 5.74) is 6.52. The average Bonchev–Trinajstić information content (AvgIpc) is 2.51. The van der Waals surface area contributed by atoms with Crippen molar-refractivity contribution in [3.05, 3.63) is 0 Å². The highest BCUT2D eigenvalue weighted by molar-refractivity contribution is 5.02. The standard InChI is InChI=1S/C14H28N4/c1-14-4-3-13(16-14)9-18(10-14)7-11-5-12(15)8-17(2)6-11/h11-13,16H,3-10,15H2,1-2H3/t11?,12-,13-,14?/m1/s1. The van der Waals surface area contributed by atoms with Crippen LogP contribution >= 0.6 is 0 Å². The van der Waals surface area contributed by atoms with Crippen LogP contribution in [0.25, 0.3) is 0 Å². The van der Waals surface area contributed by atoms with Crippen LogP contribution in [0, 0.1) is 5.92 Å². The maximum absolute atomic E-state index is 6.14. The Morgan fingerprint density at radius 2 is 2.17 bits per heavy atom. The molecular formula is C14H28N4. The third-order valence-electron chi connectivity index (χ3n) is 4.92. The lowest BCUT2D eigenvalue weighted by Crippen LogP contribution is -2.59. The first kappa shape index (κ1) is 12.9. The number of piperazine rings is 1. The summed E-state index contributed by atoms with van der Waals surface area (Å²) in [5, 5.41) is 3.77. The first-order chi connectivity index (χ1) is 8.52. The lowest BCUT2D eigenvalue weighted by atomic mass is 9.93. The maximum Gasteiger partial charge on any atom is 0.0284 e. The van der Waals surface area contributed by atoms with Crippen molar-refractivity contribution >= 4 is 0 Å². The zero-order valence-electron chi connectivity index (χ0n) is 11.9. The molecule has 3 aliphatic rings. The predicted molar refractivity (Wildman–Crippen MR) is 74.6 cm³/mol. The molecule has 104 valence electrons. The van der Waals surface area contributed by atoms with E-state index in [1.165, 1.54) is 45.4 Å². The Bertz CT molecular complexity index is 298. The Labute approximate surface area is 111 Å². The highest BCUT2D eigenvalue weighted by Crippen LogP contribution is 2.30. The van der Waals surface area contributed by atoms with Crippen LogP contribution in [-0.4, -0.2) is 67.2 Å². The third-order valence-corrected chi connectivity index (χ3v) is 4.92. The molecule has 4 nitrogen and oxygen atoms in total. The SMILES string of the molecule is CN1CC(CN2C[C@H]3CCC(C)(C2)N3)C[C@@H](N)C1. The van der Waals surface area contributed by atoms with E-state index in [9.17, 15) is 0 Å². The zero-order chi connectivity index (χ0) is 12.8. The molecule has 3 heterocycles. The third kappa shape index (κ3) is 2.72. The fourth-order valence-electron chi connectivity index (χ4n) is 4.39. The summed E-state index contributed by atoms with van der Waals surface area (Å²) in [4.78, 5) is 5.09. The molecule has 3 N–H and O–H groups in total. The quantitative estimate of drug-likeness (QED) is 0.731. The molecule has 0 radical (unpaired) electrons. The number of nitrogens with zero attached hydrogens (tertiary/aromatic N) is 2. The van der Waals surface area contributed by atoms with Crippen molar-refractivity contribution < 1.29 is 0 Å². The van der Waals surface area contributed by atoms with Gasteiger partial charge in [0.05, 0.1) is 0 Å². The number of nitrogens with two attached hydrogens (primary N) is 1. The minimum atomic E-state index is 0.379. The van der Waals surface area contributed by atoms with Crippen molar-refractivity contribution in [3.63, 3.8) is 0 Å². The highest BCUT2D eigenvalue weighted by atomic mass is 15.3. The van der Waals surface area contributed by atoms with Gasteiger partial charge in [0.2, 0.25) is 0 Å². The van der Waals surface area contributed by atoms with Gasteiger partial charge in [0.1, 0.15) is 0 Å². The number of rotatable bonds is 2. The molecule has 3 aliphatic heterocycles. The second-order valence-corrected chi connectivity index (χ2v) is 7.22. The van der Waals surface area contributed by atoms with Crippen molar-refractivity contribution in [1.29, 1.82) is 0 Å². The van der Waals surface area contributed by atoms with Gasteiger partial charge in [-0.25, -0.2) is 0 Å². The summed E-state index contributed by atoms with van der Waals surface area (Å²) in [7, 11) is 2.20. The minimum absolute atomic E-state index is 0.379. The van der Waals surface area contributed by atoms with E-state index in [1.54, 1.807) is 0 Å². The Morgan fingerprint density at radius 3 is 2.89 bits per heavy atom. The smallest absolute Gasteiger partial charge is 0.0284 e. The summed E-state index contributed by atoms with van der Waals surface area (Å²) in [6.07, 6.45) is 3.91. The molecule has 3 rings (SSSR count). The summed E-state index contributed by atoms with van der Waals surface area (Å²) in [6.45, 7) is 8.38. The molecule has 3 saturated heterocycles. The summed E-state index contributed by atoms with van der Waals surface area (Å²) < 4.78 is 0. The van der Waals surface area contributed by atoms with Crippen molar-refractivity contribution in [2.24, 2.45) is 11.7 Å². The monoisotopic (exact) mass is 252 g/mol. The topological polar surface area (TPSA) is 44.5 Å². The van der Waals surface area contributed by atoms with E-state index in [0.29, 0.717) is 11.6 Å². The van der Waals surface area contributed by atoms with Crippen LogP contribution < -0.4 is 11.1 Å². The molecule has 2 bridgehead atoms. The zero-order valence-corrected chi connectivity index (χ0v) is 11.9. The number of hydrogen-bond acceptors (Lipinski definition) is 4. The van der Waals surface area contributed by atoms with Gasteiger partial charge < -0.3 is 16.0 Å². The van der Waals surface area contributed by atoms with Crippen molar-refractivity contribution in [1.82, 2.24) is 15.1 Å². The number of nitrogens with one attached hydrogen (secondary N) is 1. The largest absolute Gasteiger partial charge is 0.327 e. The van der Waals surface area contributed by atoms with Crippen LogP contribution in [0.15, 0.2) is 0 Å². The predicted octanol–water partition coefficient (Wildman–Crippen LogP) is 0.0917. The number of fused-ring (bicyclic) bond motifs is 2. The molecule has 4 atom stereocenters. The Hall–Kier alpha value is -0.160. The van der Waals surface area contributed by atoms with E-state index in [4.69, 9.17) is 5.73 Å². The first-order valence-electron chi connectivity index (χ1n) is 7.47. The van der Waals surface area contributed by atoms with Crippen LogP contribution in [0.4, 0.5) is 0 Å². The van der Waals surface area contributed by atoms with E-state index in [0.717, 1.165) is 18.5 Å². The van der Waals surface area contributed by atoms with Crippen LogP contribution in [-0.2, 0) is 0 Å². The molecule has 3 fully saturated rings. The Balaban J connectivity index is 1.56. The minimum Gasteiger partial charge on any atom is -0.327 e. The highest BCUT2D eigenvalue weighted by Gasteiger charge is 2.41. The van der Waals surface area contributed by atoms with Gasteiger partial charge in [-0.05, 0) is 39.2 Å². The second kappa shape index (κ2) is 4.75. The van der Waals surface area contributed by atoms with Gasteiger partial charge in [0, 0.05) is 50.3 Å². The first-order valence-corrected chi connectivity index (χ1v) is 7.47. The molecule has 18 heavy (non-hydrogen) atoms. The van der Waals surface area contributed by atoms with Gasteiger partial charge in [0.25, 0.3) is 0 Å². The number of piperidine rings is 1. The maximum atomic E-state index is 6.14. The van der Waals surface area contributed by atoms with Crippen LogP contribution in [0.2, 0.25) is 0 Å². The Morgan fingerprint density at radius 1 is 1.33 bits per heavy atom. The van der Waals surface area contributed by atoms with Gasteiger partial charge in [-0.2, -0.15) is 0 Å². The molecule has 4 heteroatoms. The lowest BCUT2D eigenvalue weighted by molar-refractivity contribution is 0.0965. The van der Waals surface area contributed by atoms with Crippen molar-refractivity contribution in [2.45, 2.75) is 43.8 Å². The van der Waals surface area contributed by atoms with E-state index in [1.807, 2.05) is 0 Å². The molecule has 0 saturated carbocycles. The van der Waals surface area contributed by atoms with Crippen LogP contribution in [0.3, 0.4) is 0 Å². The molecular weight excluding hydrogens is 224 g/mol. The van der Waals surface area contributed by atoms with Crippen LogP contribution in [0.5, 0.6) is 0 Å². The van der Waals surface area contributed by atoms with Gasteiger partial charge in [-0.1, -0.05) is 0 Å². The summed E-state index contributed by atoms with van der Waals surface area (Å²) in [5.74, 6) is 0.764. The molecule has 0 aromatic carbocycles. The van der Waals surface area contributed by atoms with Gasteiger partial charge in [0.15, 0.2) is 0 Å². The average molecular weight is 252 g/mol. The molecule has 0 aromatic heterocycles. The van der Waals surface area contributed by atoms with Crippen molar-refractivity contribution in [2.75, 3.05) is 39.8 Å². The fourth-order valence-corrected chi connectivity index (χ4v) is 4.39. The van der Waals surface area contributed by atoms with E-state index >= 15 is 0 Å². The van der Waals surface area contributed by atoms with Crippen LogP contribution in [0.1, 0.15) is 26.2 Å². The fraction of sp³-hybridized carbons (Fsp3) is 1.00. The second-order valence-electron chi connectivity index (χ2n) is 7.22. The van der Waals surface area contributed by atoms with Gasteiger partial charge >= 0.3 is 0 Å². The van der Waals surface area contributed by atoms with E-state index < -0.39 is 0 Å². The molecule has 0 aromatic rings. The normalized spacial score (nSPS) is 46.5. The lowest BCUT2D eigenvalue weighted by Gasteiger charge is -2.42. The molecule has 0 amide bonds. The van der Waals surface area contributed by atoms with Gasteiger partial charge in [-0.15, -0.1) is 0 Å². The number of likely N-dealkylation sites (N-methyl/N-ethyl adjacent to an activating group) is 1. The van der Waals surface area contributed by atoms with Crippen molar-refractivity contribution in [3.8, 4) is 0 Å². The molecule has 2 unspecified atom stereocenters.